The average Bonchev–Trinajstić information content (AvgIpc) is 4.04. The van der Waals surface area contributed by atoms with Crippen molar-refractivity contribution in [2.45, 2.75) is 44.8 Å². The average molecular weight is 785 g/mol. The van der Waals surface area contributed by atoms with Crippen LogP contribution in [0.2, 0.25) is 10.0 Å². The summed E-state index contributed by atoms with van der Waals surface area (Å²) in [5.41, 5.74) is 1.11. The summed E-state index contributed by atoms with van der Waals surface area (Å²) in [6.07, 6.45) is 6.81. The van der Waals surface area contributed by atoms with Crippen LogP contribution in [0.15, 0.2) is 48.8 Å². The van der Waals surface area contributed by atoms with Crippen LogP contribution in [-0.4, -0.2) is 89.7 Å². The van der Waals surface area contributed by atoms with Crippen molar-refractivity contribution < 1.29 is 45.7 Å². The zero-order chi connectivity index (χ0) is 36.8. The molecular weight excluding hydrogens is 743 g/mol. The number of pyridine rings is 1. The zero-order valence-electron chi connectivity index (χ0n) is 28.6. The first-order valence-electron chi connectivity index (χ1n) is 17.2. The Labute approximate surface area is 312 Å². The maximum Gasteiger partial charge on any atom is 0.387 e. The van der Waals surface area contributed by atoms with E-state index in [2.05, 4.69) is 9.88 Å². The summed E-state index contributed by atoms with van der Waals surface area (Å²) in [5, 5.41) is 0.465. The standard InChI is InChI=1S/C36H41Cl2F2N3O8S/c1-52(45,46)43(11-10-42-12-14-47-15-13-42)26-7-9-31(48-21-23-2-3-23)28(17-26)35(44)50-33(18-27-29(37)19-41-20-30(27)38)25-6-8-32(51-36(39)40)34(16-25)49-22-24-4-5-24/h6-9,16-17,19-20,23-24,33,36H,2-5,10-15,18,21-22H2,1H3/t33-/m0/s1. The number of esters is 1. The molecule has 11 nitrogen and oxygen atoms in total. The second-order valence-corrected chi connectivity index (χ2v) is 16.0. The van der Waals surface area contributed by atoms with Gasteiger partial charge in [0.1, 0.15) is 17.4 Å². The Kier molecular flexibility index (Phi) is 12.6. The van der Waals surface area contributed by atoms with E-state index in [0.717, 1.165) is 31.9 Å². The number of aromatic nitrogens is 1. The minimum absolute atomic E-state index is 0.0120. The molecule has 0 N–H and O–H groups in total. The molecule has 52 heavy (non-hydrogen) atoms. The molecule has 0 amide bonds. The van der Waals surface area contributed by atoms with Gasteiger partial charge in [0.2, 0.25) is 10.0 Å². The fourth-order valence-electron chi connectivity index (χ4n) is 5.76. The highest BCUT2D eigenvalue weighted by Gasteiger charge is 2.30. The van der Waals surface area contributed by atoms with Gasteiger partial charge in [0.05, 0.1) is 48.4 Å². The van der Waals surface area contributed by atoms with Crippen molar-refractivity contribution in [2.24, 2.45) is 11.8 Å². The van der Waals surface area contributed by atoms with Crippen LogP contribution >= 0.6 is 23.2 Å². The molecule has 1 saturated heterocycles. The third-order valence-corrected chi connectivity index (χ3v) is 10.9. The normalized spacial score (nSPS) is 17.1. The van der Waals surface area contributed by atoms with E-state index < -0.39 is 28.7 Å². The smallest absolute Gasteiger partial charge is 0.387 e. The molecule has 2 saturated carbocycles. The van der Waals surface area contributed by atoms with Crippen LogP contribution < -0.4 is 18.5 Å². The number of ether oxygens (including phenoxy) is 5. The quantitative estimate of drug-likeness (QED) is 0.128. The summed E-state index contributed by atoms with van der Waals surface area (Å²) >= 11 is 13.0. The highest BCUT2D eigenvalue weighted by Crippen LogP contribution is 2.39. The number of halogens is 4. The number of alkyl halides is 2. The van der Waals surface area contributed by atoms with Gasteiger partial charge in [-0.3, -0.25) is 14.2 Å². The van der Waals surface area contributed by atoms with Gasteiger partial charge in [-0.2, -0.15) is 8.78 Å². The van der Waals surface area contributed by atoms with Crippen LogP contribution in [-0.2, 0) is 25.9 Å². The Morgan fingerprint density at radius 2 is 1.60 bits per heavy atom. The lowest BCUT2D eigenvalue weighted by Gasteiger charge is -2.30. The predicted molar refractivity (Wildman–Crippen MR) is 192 cm³/mol. The SMILES string of the molecule is CS(=O)(=O)N(CCN1CCOCC1)c1ccc(OCC2CC2)c(C(=O)O[C@@H](Cc2c(Cl)cncc2Cl)c2ccc(OC(F)F)c(OCC3CC3)c2)c1. The van der Waals surface area contributed by atoms with Crippen molar-refractivity contribution in [1.82, 2.24) is 9.88 Å². The molecule has 2 aromatic carbocycles. The number of nitrogens with zero attached hydrogens (tertiary/aromatic N) is 3. The largest absolute Gasteiger partial charge is 0.492 e. The van der Waals surface area contributed by atoms with Crippen LogP contribution in [0.3, 0.4) is 0 Å². The lowest BCUT2D eigenvalue weighted by atomic mass is 10.0. The molecule has 0 radical (unpaired) electrons. The Hall–Kier alpha value is -3.43. The third kappa shape index (κ3) is 10.6. The van der Waals surface area contributed by atoms with Crippen molar-refractivity contribution in [2.75, 3.05) is 63.2 Å². The van der Waals surface area contributed by atoms with Gasteiger partial charge in [0.15, 0.2) is 11.5 Å². The molecule has 3 aromatic rings. The minimum Gasteiger partial charge on any atom is -0.492 e. The summed E-state index contributed by atoms with van der Waals surface area (Å²) in [6, 6.07) is 8.98. The second kappa shape index (κ2) is 17.1. The molecule has 6 rings (SSSR count). The Morgan fingerprint density at radius 3 is 2.21 bits per heavy atom. The number of rotatable bonds is 18. The molecule has 1 aromatic heterocycles. The monoisotopic (exact) mass is 783 g/mol. The molecule has 2 heterocycles. The molecule has 3 aliphatic rings. The highest BCUT2D eigenvalue weighted by atomic mass is 35.5. The summed E-state index contributed by atoms with van der Waals surface area (Å²) < 4.78 is 82.4. The summed E-state index contributed by atoms with van der Waals surface area (Å²) in [4.78, 5) is 20.4. The van der Waals surface area contributed by atoms with Crippen LogP contribution in [0.25, 0.3) is 0 Å². The first-order chi connectivity index (χ1) is 24.9. The number of morpholine rings is 1. The van der Waals surface area contributed by atoms with Gasteiger partial charge in [-0.05, 0) is 79.0 Å². The number of carbonyl (C=O) groups excluding carboxylic acids is 1. The fraction of sp³-hybridized carbons (Fsp3) is 0.500. The molecule has 16 heteroatoms. The van der Waals surface area contributed by atoms with Gasteiger partial charge in [0, 0.05) is 45.0 Å². The van der Waals surface area contributed by atoms with Gasteiger partial charge in [-0.15, -0.1) is 0 Å². The lowest BCUT2D eigenvalue weighted by molar-refractivity contribution is -0.0515. The van der Waals surface area contributed by atoms with E-state index in [-0.39, 0.29) is 51.5 Å². The summed E-state index contributed by atoms with van der Waals surface area (Å²) in [5.74, 6) is -0.00344. The van der Waals surface area contributed by atoms with Crippen LogP contribution in [0.1, 0.15) is 53.3 Å². The number of carbonyl (C=O) groups is 1. The Bertz CT molecular complexity index is 1800. The van der Waals surface area contributed by atoms with Crippen LogP contribution in [0.4, 0.5) is 14.5 Å². The van der Waals surface area contributed by atoms with E-state index in [1.165, 1.54) is 41.0 Å². The molecule has 3 fully saturated rings. The van der Waals surface area contributed by atoms with Crippen molar-refractivity contribution in [1.29, 1.82) is 0 Å². The molecule has 0 unspecified atom stereocenters. The molecule has 1 atom stereocenters. The van der Waals surface area contributed by atoms with Crippen LogP contribution in [0, 0.1) is 11.8 Å². The predicted octanol–water partition coefficient (Wildman–Crippen LogP) is 6.81. The van der Waals surface area contributed by atoms with Gasteiger partial charge >= 0.3 is 12.6 Å². The van der Waals surface area contributed by atoms with Gasteiger partial charge in [-0.1, -0.05) is 29.3 Å². The van der Waals surface area contributed by atoms with Gasteiger partial charge in [-0.25, -0.2) is 13.2 Å². The number of sulfonamides is 1. The summed E-state index contributed by atoms with van der Waals surface area (Å²) in [7, 11) is -3.76. The second-order valence-electron chi connectivity index (χ2n) is 13.2. The third-order valence-electron chi connectivity index (χ3n) is 9.08. The molecule has 2 aliphatic carbocycles. The lowest BCUT2D eigenvalue weighted by Crippen LogP contribution is -2.43. The van der Waals surface area contributed by atoms with Gasteiger partial charge < -0.3 is 23.7 Å². The molecule has 1 aliphatic heterocycles. The van der Waals surface area contributed by atoms with E-state index >= 15 is 0 Å². The van der Waals surface area contributed by atoms with Gasteiger partial charge in [0.25, 0.3) is 0 Å². The Balaban J connectivity index is 1.34. The molecular formula is C36H41Cl2F2N3O8S. The Morgan fingerprint density at radius 1 is 0.962 bits per heavy atom. The zero-order valence-corrected chi connectivity index (χ0v) is 31.0. The van der Waals surface area contributed by atoms with E-state index in [4.69, 9.17) is 46.9 Å². The van der Waals surface area contributed by atoms with Crippen molar-refractivity contribution in [3.8, 4) is 17.2 Å². The molecule has 0 spiro atoms. The summed E-state index contributed by atoms with van der Waals surface area (Å²) in [6.45, 7) is 0.703. The number of benzene rings is 2. The minimum atomic E-state index is -3.76. The van der Waals surface area contributed by atoms with E-state index in [0.29, 0.717) is 69.0 Å². The van der Waals surface area contributed by atoms with E-state index in [9.17, 15) is 22.0 Å². The van der Waals surface area contributed by atoms with E-state index in [1.807, 2.05) is 0 Å². The highest BCUT2D eigenvalue weighted by molar-refractivity contribution is 7.92. The molecule has 0 bridgehead atoms. The fourth-order valence-corrected chi connectivity index (χ4v) is 7.18. The van der Waals surface area contributed by atoms with Crippen molar-refractivity contribution >= 4 is 44.9 Å². The number of hydrogen-bond donors (Lipinski definition) is 0. The maximum absolute atomic E-state index is 14.3. The number of anilines is 1. The number of hydrogen-bond acceptors (Lipinski definition) is 10. The van der Waals surface area contributed by atoms with Crippen molar-refractivity contribution in [3.05, 3.63) is 75.5 Å². The molecule has 282 valence electrons. The van der Waals surface area contributed by atoms with Crippen LogP contribution in [0.5, 0.6) is 17.2 Å². The topological polar surface area (TPSA) is 117 Å². The van der Waals surface area contributed by atoms with Crippen molar-refractivity contribution in [3.63, 3.8) is 0 Å². The first kappa shape index (κ1) is 38.3. The maximum atomic E-state index is 14.3. The van der Waals surface area contributed by atoms with E-state index in [1.54, 1.807) is 12.1 Å². The first-order valence-corrected chi connectivity index (χ1v) is 19.8.